The maximum Gasteiger partial charge on any atom is 0.208 e. The maximum atomic E-state index is 5.75. The molecule has 1 saturated carbocycles. The van der Waals surface area contributed by atoms with Crippen LogP contribution < -0.4 is 5.73 Å². The molecule has 0 spiro atoms. The summed E-state index contributed by atoms with van der Waals surface area (Å²) in [4.78, 5) is 8.00. The predicted molar refractivity (Wildman–Crippen MR) is 60.3 cm³/mol. The molecule has 4 heteroatoms. The Morgan fingerprint density at radius 3 is 2.73 bits per heavy atom. The molecule has 2 rings (SSSR count). The molecule has 1 aromatic rings. The van der Waals surface area contributed by atoms with Gasteiger partial charge in [0.1, 0.15) is 11.0 Å². The second kappa shape index (κ2) is 4.50. The largest absolute Gasteiger partial charge is 0.384 e. The third-order valence-corrected chi connectivity index (χ3v) is 2.65. The highest BCUT2D eigenvalue weighted by Gasteiger charge is 2.11. The van der Waals surface area contributed by atoms with Crippen LogP contribution in [-0.4, -0.2) is 9.97 Å². The Morgan fingerprint density at radius 1 is 1.33 bits per heavy atom. The van der Waals surface area contributed by atoms with Crippen LogP contribution in [0.4, 0.5) is 5.82 Å². The molecule has 78 valence electrons. The summed E-state index contributed by atoms with van der Waals surface area (Å²) in [5.41, 5.74) is 5.54. The van der Waals surface area contributed by atoms with Gasteiger partial charge in [-0.2, -0.15) is 0 Å². The third kappa shape index (κ3) is 2.84. The number of halogens is 1. The van der Waals surface area contributed by atoms with Crippen molar-refractivity contribution in [3.05, 3.63) is 17.0 Å². The minimum atomic E-state index is 0.346. The SMILES string of the molecule is Nc1cc(Cl)nc(C#CC2CCCC2)n1. The van der Waals surface area contributed by atoms with Crippen molar-refractivity contribution in [3.8, 4) is 11.8 Å². The molecule has 15 heavy (non-hydrogen) atoms. The third-order valence-electron chi connectivity index (χ3n) is 2.46. The van der Waals surface area contributed by atoms with Gasteiger partial charge in [0, 0.05) is 12.0 Å². The number of nitrogens with zero attached hydrogens (tertiary/aromatic N) is 2. The molecule has 0 saturated heterocycles. The molecule has 1 heterocycles. The van der Waals surface area contributed by atoms with Gasteiger partial charge in [-0.05, 0) is 18.8 Å². The van der Waals surface area contributed by atoms with Gasteiger partial charge in [0.15, 0.2) is 0 Å². The zero-order chi connectivity index (χ0) is 10.7. The van der Waals surface area contributed by atoms with Gasteiger partial charge in [-0.15, -0.1) is 0 Å². The van der Waals surface area contributed by atoms with Crippen LogP contribution in [-0.2, 0) is 0 Å². The van der Waals surface area contributed by atoms with Gasteiger partial charge in [0.05, 0.1) is 0 Å². The minimum absolute atomic E-state index is 0.346. The Labute approximate surface area is 94.1 Å². The molecular formula is C11H12ClN3. The van der Waals surface area contributed by atoms with E-state index in [0.29, 0.717) is 22.7 Å². The van der Waals surface area contributed by atoms with Crippen molar-refractivity contribution in [2.75, 3.05) is 5.73 Å². The van der Waals surface area contributed by atoms with E-state index in [0.717, 1.165) is 0 Å². The van der Waals surface area contributed by atoms with Crippen molar-refractivity contribution < 1.29 is 0 Å². The fourth-order valence-electron chi connectivity index (χ4n) is 1.73. The zero-order valence-corrected chi connectivity index (χ0v) is 9.09. The molecule has 2 N–H and O–H groups in total. The quantitative estimate of drug-likeness (QED) is 0.540. The summed E-state index contributed by atoms with van der Waals surface area (Å²) in [5.74, 6) is 7.38. The van der Waals surface area contributed by atoms with Gasteiger partial charge in [0.25, 0.3) is 0 Å². The number of hydrogen-bond donors (Lipinski definition) is 1. The smallest absolute Gasteiger partial charge is 0.208 e. The first-order valence-corrected chi connectivity index (χ1v) is 5.43. The lowest BCUT2D eigenvalue weighted by Gasteiger charge is -1.96. The van der Waals surface area contributed by atoms with Crippen LogP contribution in [0, 0.1) is 17.8 Å². The van der Waals surface area contributed by atoms with Crippen molar-refractivity contribution in [1.82, 2.24) is 9.97 Å². The summed E-state index contributed by atoms with van der Waals surface area (Å²) < 4.78 is 0. The lowest BCUT2D eigenvalue weighted by atomic mass is 10.1. The van der Waals surface area contributed by atoms with Crippen molar-refractivity contribution >= 4 is 17.4 Å². The van der Waals surface area contributed by atoms with E-state index >= 15 is 0 Å². The van der Waals surface area contributed by atoms with E-state index in [1.807, 2.05) is 0 Å². The molecule has 1 aromatic heterocycles. The Bertz CT molecular complexity index is 393. The van der Waals surface area contributed by atoms with Crippen LogP contribution in [0.1, 0.15) is 31.5 Å². The molecular weight excluding hydrogens is 210 g/mol. The van der Waals surface area contributed by atoms with Gasteiger partial charge in [-0.25, -0.2) is 9.97 Å². The van der Waals surface area contributed by atoms with E-state index in [2.05, 4.69) is 21.8 Å². The summed E-state index contributed by atoms with van der Waals surface area (Å²) in [5, 5.41) is 0.346. The Kier molecular flexibility index (Phi) is 3.08. The van der Waals surface area contributed by atoms with Crippen LogP contribution in [0.25, 0.3) is 0 Å². The second-order valence-corrected chi connectivity index (χ2v) is 4.08. The van der Waals surface area contributed by atoms with Crippen molar-refractivity contribution in [1.29, 1.82) is 0 Å². The van der Waals surface area contributed by atoms with Gasteiger partial charge in [-0.1, -0.05) is 30.4 Å². The highest BCUT2D eigenvalue weighted by atomic mass is 35.5. The van der Waals surface area contributed by atoms with E-state index in [-0.39, 0.29) is 0 Å². The first-order chi connectivity index (χ1) is 7.24. The Balaban J connectivity index is 2.15. The predicted octanol–water partition coefficient (Wildman–Crippen LogP) is 2.25. The zero-order valence-electron chi connectivity index (χ0n) is 8.33. The Hall–Kier alpha value is -1.27. The molecule has 1 aliphatic carbocycles. The number of rotatable bonds is 0. The lowest BCUT2D eigenvalue weighted by molar-refractivity contribution is 0.711. The number of anilines is 1. The van der Waals surface area contributed by atoms with Crippen LogP contribution in [0.5, 0.6) is 0 Å². The van der Waals surface area contributed by atoms with E-state index in [1.165, 1.54) is 31.7 Å². The molecule has 0 aromatic carbocycles. The number of hydrogen-bond acceptors (Lipinski definition) is 3. The lowest BCUT2D eigenvalue weighted by Crippen LogP contribution is -1.96. The summed E-state index contributed by atoms with van der Waals surface area (Å²) in [7, 11) is 0. The molecule has 1 fully saturated rings. The van der Waals surface area contributed by atoms with Gasteiger partial charge in [-0.3, -0.25) is 0 Å². The van der Waals surface area contributed by atoms with Gasteiger partial charge >= 0.3 is 0 Å². The van der Waals surface area contributed by atoms with Gasteiger partial charge in [0.2, 0.25) is 5.82 Å². The molecule has 3 nitrogen and oxygen atoms in total. The van der Waals surface area contributed by atoms with Crippen molar-refractivity contribution in [2.45, 2.75) is 25.7 Å². The molecule has 0 bridgehead atoms. The number of aromatic nitrogens is 2. The summed E-state index contributed by atoms with van der Waals surface area (Å²) in [6.45, 7) is 0. The minimum Gasteiger partial charge on any atom is -0.384 e. The Morgan fingerprint density at radius 2 is 2.07 bits per heavy atom. The highest BCUT2D eigenvalue weighted by Crippen LogP contribution is 2.23. The van der Waals surface area contributed by atoms with Crippen molar-refractivity contribution in [2.24, 2.45) is 5.92 Å². The standard InChI is InChI=1S/C11H12ClN3/c12-9-7-10(13)15-11(14-9)6-5-8-3-1-2-4-8/h7-8H,1-4H2,(H2,13,14,15). The molecule has 1 aliphatic rings. The molecule has 0 atom stereocenters. The van der Waals surface area contributed by atoms with E-state index in [1.54, 1.807) is 0 Å². The maximum absolute atomic E-state index is 5.75. The molecule has 0 unspecified atom stereocenters. The number of nitrogens with two attached hydrogens (primary N) is 1. The molecule has 0 amide bonds. The number of nitrogen functional groups attached to an aromatic ring is 1. The monoisotopic (exact) mass is 221 g/mol. The van der Waals surface area contributed by atoms with Crippen molar-refractivity contribution in [3.63, 3.8) is 0 Å². The van der Waals surface area contributed by atoms with E-state index in [9.17, 15) is 0 Å². The van der Waals surface area contributed by atoms with Crippen LogP contribution in [0.15, 0.2) is 6.07 Å². The molecule has 0 radical (unpaired) electrons. The van der Waals surface area contributed by atoms with E-state index in [4.69, 9.17) is 17.3 Å². The molecule has 0 aliphatic heterocycles. The van der Waals surface area contributed by atoms with Crippen LogP contribution in [0.2, 0.25) is 5.15 Å². The fourth-order valence-corrected chi connectivity index (χ4v) is 1.92. The van der Waals surface area contributed by atoms with Crippen LogP contribution >= 0.6 is 11.6 Å². The first-order valence-electron chi connectivity index (χ1n) is 5.05. The first kappa shape index (κ1) is 10.3. The summed E-state index contributed by atoms with van der Waals surface area (Å²) >= 11 is 5.75. The summed E-state index contributed by atoms with van der Waals surface area (Å²) in [6, 6.07) is 1.52. The summed E-state index contributed by atoms with van der Waals surface area (Å²) in [6.07, 6.45) is 4.92. The van der Waals surface area contributed by atoms with Crippen LogP contribution in [0.3, 0.4) is 0 Å². The fraction of sp³-hybridized carbons (Fsp3) is 0.455. The second-order valence-electron chi connectivity index (χ2n) is 3.69. The normalized spacial score (nSPS) is 16.1. The van der Waals surface area contributed by atoms with E-state index < -0.39 is 0 Å². The topological polar surface area (TPSA) is 51.8 Å². The highest BCUT2D eigenvalue weighted by molar-refractivity contribution is 6.29. The average molecular weight is 222 g/mol. The van der Waals surface area contributed by atoms with Gasteiger partial charge < -0.3 is 5.73 Å². The average Bonchev–Trinajstić information content (AvgIpc) is 2.65.